The summed E-state index contributed by atoms with van der Waals surface area (Å²) in [5, 5.41) is 8.64. The van der Waals surface area contributed by atoms with Gasteiger partial charge in [-0.05, 0) is 80.0 Å². The lowest BCUT2D eigenvalue weighted by atomic mass is 10.1. The summed E-state index contributed by atoms with van der Waals surface area (Å²) in [6, 6.07) is 19.8. The first kappa shape index (κ1) is 24.9. The molecule has 0 aliphatic heterocycles. The van der Waals surface area contributed by atoms with Crippen molar-refractivity contribution in [3.63, 3.8) is 0 Å². The lowest BCUT2D eigenvalue weighted by Gasteiger charge is -2.15. The standard InChI is InChI=1S/C27H29N3O3S/c1-4-5-16-33-24-13-9-7-11-22(24)26(32)30-27(34)29-23-12-8-6-10-21(23)25(31)28-20-15-14-18(2)19(3)17-20/h6-15,17H,4-5,16H2,1-3H3,(H,28,31)(H2,29,30,32,34). The third-order valence-electron chi connectivity index (χ3n) is 5.30. The van der Waals surface area contributed by atoms with Gasteiger partial charge in [-0.2, -0.15) is 0 Å². The maximum absolute atomic E-state index is 12.9. The fourth-order valence-electron chi connectivity index (χ4n) is 3.24. The summed E-state index contributed by atoms with van der Waals surface area (Å²) >= 11 is 5.35. The van der Waals surface area contributed by atoms with Gasteiger partial charge in [0.15, 0.2) is 5.11 Å². The zero-order valence-corrected chi connectivity index (χ0v) is 20.4. The van der Waals surface area contributed by atoms with Crippen LogP contribution in [0.15, 0.2) is 66.7 Å². The van der Waals surface area contributed by atoms with Gasteiger partial charge in [0, 0.05) is 5.69 Å². The van der Waals surface area contributed by atoms with Crippen molar-refractivity contribution < 1.29 is 14.3 Å². The Labute approximate surface area is 205 Å². The molecule has 34 heavy (non-hydrogen) atoms. The Bertz CT molecular complexity index is 1190. The van der Waals surface area contributed by atoms with Crippen molar-refractivity contribution in [1.82, 2.24) is 5.32 Å². The zero-order valence-electron chi connectivity index (χ0n) is 19.6. The van der Waals surface area contributed by atoms with Gasteiger partial charge in [-0.3, -0.25) is 14.9 Å². The molecule has 0 saturated carbocycles. The van der Waals surface area contributed by atoms with Crippen LogP contribution in [0.2, 0.25) is 0 Å². The minimum Gasteiger partial charge on any atom is -0.493 e. The van der Waals surface area contributed by atoms with E-state index in [0.29, 0.717) is 34.9 Å². The molecule has 0 unspecified atom stereocenters. The monoisotopic (exact) mass is 475 g/mol. The fraction of sp³-hybridized carbons (Fsp3) is 0.222. The van der Waals surface area contributed by atoms with E-state index in [9.17, 15) is 9.59 Å². The smallest absolute Gasteiger partial charge is 0.261 e. The van der Waals surface area contributed by atoms with Crippen LogP contribution >= 0.6 is 12.2 Å². The van der Waals surface area contributed by atoms with Gasteiger partial charge in [-0.15, -0.1) is 0 Å². The molecule has 0 saturated heterocycles. The van der Waals surface area contributed by atoms with Crippen molar-refractivity contribution in [2.24, 2.45) is 0 Å². The minimum absolute atomic E-state index is 0.0831. The molecule has 0 aliphatic carbocycles. The van der Waals surface area contributed by atoms with Crippen LogP contribution in [0, 0.1) is 13.8 Å². The topological polar surface area (TPSA) is 79.5 Å². The van der Waals surface area contributed by atoms with E-state index in [1.54, 1.807) is 42.5 Å². The van der Waals surface area contributed by atoms with E-state index in [2.05, 4.69) is 22.9 Å². The summed E-state index contributed by atoms with van der Waals surface area (Å²) in [6.45, 7) is 6.62. The number of benzene rings is 3. The van der Waals surface area contributed by atoms with E-state index in [1.807, 2.05) is 38.1 Å². The molecule has 0 atom stereocenters. The number of nitrogens with one attached hydrogen (secondary N) is 3. The Morgan fingerprint density at radius 2 is 1.56 bits per heavy atom. The molecule has 3 rings (SSSR count). The predicted molar refractivity (Wildman–Crippen MR) is 141 cm³/mol. The Hall–Kier alpha value is -3.71. The maximum atomic E-state index is 12.9. The highest BCUT2D eigenvalue weighted by molar-refractivity contribution is 7.80. The number of thiocarbonyl (C=S) groups is 1. The van der Waals surface area contributed by atoms with E-state index in [-0.39, 0.29) is 16.9 Å². The highest BCUT2D eigenvalue weighted by atomic mass is 32.1. The van der Waals surface area contributed by atoms with Crippen molar-refractivity contribution in [3.05, 3.63) is 89.0 Å². The number of rotatable bonds is 8. The number of hydrogen-bond acceptors (Lipinski definition) is 4. The molecule has 176 valence electrons. The number of ether oxygens (including phenoxy) is 1. The molecule has 3 N–H and O–H groups in total. The van der Waals surface area contributed by atoms with Gasteiger partial charge in [0.25, 0.3) is 11.8 Å². The number of amides is 2. The van der Waals surface area contributed by atoms with Crippen LogP contribution in [0.5, 0.6) is 5.75 Å². The number of hydrogen-bond donors (Lipinski definition) is 3. The van der Waals surface area contributed by atoms with Crippen molar-refractivity contribution >= 4 is 40.5 Å². The van der Waals surface area contributed by atoms with Crippen LogP contribution in [-0.4, -0.2) is 23.5 Å². The third kappa shape index (κ3) is 6.65. The Morgan fingerprint density at radius 3 is 2.29 bits per heavy atom. The summed E-state index contributed by atoms with van der Waals surface area (Å²) in [4.78, 5) is 25.7. The third-order valence-corrected chi connectivity index (χ3v) is 5.50. The van der Waals surface area contributed by atoms with Gasteiger partial charge in [0.05, 0.1) is 23.4 Å². The van der Waals surface area contributed by atoms with Crippen LogP contribution < -0.4 is 20.7 Å². The van der Waals surface area contributed by atoms with Gasteiger partial charge in [0.2, 0.25) is 0 Å². The highest BCUT2D eigenvalue weighted by Gasteiger charge is 2.16. The van der Waals surface area contributed by atoms with Crippen molar-refractivity contribution in [2.45, 2.75) is 33.6 Å². The van der Waals surface area contributed by atoms with E-state index >= 15 is 0 Å². The summed E-state index contributed by atoms with van der Waals surface area (Å²) in [6.07, 6.45) is 1.90. The van der Waals surface area contributed by atoms with E-state index in [4.69, 9.17) is 17.0 Å². The SMILES string of the molecule is CCCCOc1ccccc1C(=O)NC(=S)Nc1ccccc1C(=O)Nc1ccc(C)c(C)c1. The molecule has 0 aromatic heterocycles. The number of carbonyl (C=O) groups is 2. The molecule has 3 aromatic carbocycles. The van der Waals surface area contributed by atoms with Gasteiger partial charge >= 0.3 is 0 Å². The largest absolute Gasteiger partial charge is 0.493 e. The Kier molecular flexibility index (Phi) is 8.76. The molecule has 0 spiro atoms. The molecular formula is C27H29N3O3S. The first-order valence-electron chi connectivity index (χ1n) is 11.2. The lowest BCUT2D eigenvalue weighted by molar-refractivity contribution is 0.0972. The first-order valence-corrected chi connectivity index (χ1v) is 11.6. The first-order chi connectivity index (χ1) is 16.4. The summed E-state index contributed by atoms with van der Waals surface area (Å²) in [5.74, 6) is -0.166. The van der Waals surface area contributed by atoms with Crippen molar-refractivity contribution in [3.8, 4) is 5.75 Å². The molecule has 0 aliphatic rings. The fourth-order valence-corrected chi connectivity index (χ4v) is 3.44. The average molecular weight is 476 g/mol. The van der Waals surface area contributed by atoms with Gasteiger partial charge < -0.3 is 15.4 Å². The highest BCUT2D eigenvalue weighted by Crippen LogP contribution is 2.21. The van der Waals surface area contributed by atoms with Gasteiger partial charge in [0.1, 0.15) is 5.75 Å². The van der Waals surface area contributed by atoms with Crippen LogP contribution in [0.4, 0.5) is 11.4 Å². The molecule has 0 bridgehead atoms. The molecule has 2 amide bonds. The molecule has 0 heterocycles. The number of anilines is 2. The molecule has 6 nitrogen and oxygen atoms in total. The second-order valence-corrected chi connectivity index (χ2v) is 8.31. The summed E-state index contributed by atoms with van der Waals surface area (Å²) < 4.78 is 5.74. The van der Waals surface area contributed by atoms with E-state index in [1.165, 1.54) is 0 Å². The predicted octanol–water partition coefficient (Wildman–Crippen LogP) is 5.86. The Morgan fingerprint density at radius 1 is 0.853 bits per heavy atom. The molecule has 0 radical (unpaired) electrons. The van der Waals surface area contributed by atoms with Crippen LogP contribution in [0.25, 0.3) is 0 Å². The summed E-state index contributed by atoms with van der Waals surface area (Å²) in [7, 11) is 0. The average Bonchev–Trinajstić information content (AvgIpc) is 2.82. The molecule has 3 aromatic rings. The lowest BCUT2D eigenvalue weighted by Crippen LogP contribution is -2.35. The number of para-hydroxylation sites is 2. The normalized spacial score (nSPS) is 10.3. The van der Waals surface area contributed by atoms with Crippen molar-refractivity contribution in [2.75, 3.05) is 17.2 Å². The van der Waals surface area contributed by atoms with Crippen LogP contribution in [-0.2, 0) is 0 Å². The van der Waals surface area contributed by atoms with E-state index in [0.717, 1.165) is 24.0 Å². The van der Waals surface area contributed by atoms with Crippen LogP contribution in [0.1, 0.15) is 51.6 Å². The number of unbranched alkanes of at least 4 members (excludes halogenated alkanes) is 1. The quantitative estimate of drug-likeness (QED) is 0.281. The van der Waals surface area contributed by atoms with E-state index < -0.39 is 0 Å². The second kappa shape index (κ2) is 12.0. The number of carbonyl (C=O) groups excluding carboxylic acids is 2. The minimum atomic E-state index is -0.387. The second-order valence-electron chi connectivity index (χ2n) is 7.91. The van der Waals surface area contributed by atoms with Crippen molar-refractivity contribution in [1.29, 1.82) is 0 Å². The van der Waals surface area contributed by atoms with Crippen LogP contribution in [0.3, 0.4) is 0 Å². The maximum Gasteiger partial charge on any atom is 0.261 e. The molecular weight excluding hydrogens is 446 g/mol. The Balaban J connectivity index is 1.68. The molecule has 7 heteroatoms. The molecule has 0 fully saturated rings. The zero-order chi connectivity index (χ0) is 24.5. The van der Waals surface area contributed by atoms with Gasteiger partial charge in [-0.1, -0.05) is 43.7 Å². The van der Waals surface area contributed by atoms with Gasteiger partial charge in [-0.25, -0.2) is 0 Å². The number of aryl methyl sites for hydroxylation is 2. The summed E-state index contributed by atoms with van der Waals surface area (Å²) in [5.41, 5.74) is 4.23.